The molecule has 0 radical (unpaired) electrons. The summed E-state index contributed by atoms with van der Waals surface area (Å²) in [6.07, 6.45) is 5.43. The van der Waals surface area contributed by atoms with Gasteiger partial charge >= 0.3 is 0 Å². The van der Waals surface area contributed by atoms with Crippen LogP contribution in [-0.2, 0) is 17.8 Å². The van der Waals surface area contributed by atoms with Crippen LogP contribution in [0.25, 0.3) is 27.2 Å². The summed E-state index contributed by atoms with van der Waals surface area (Å²) in [7, 11) is 0. The van der Waals surface area contributed by atoms with Crippen molar-refractivity contribution in [3.05, 3.63) is 89.6 Å². The fraction of sp³-hybridized carbons (Fsp3) is 0.300. The summed E-state index contributed by atoms with van der Waals surface area (Å²) in [5.74, 6) is 0.119. The summed E-state index contributed by atoms with van der Waals surface area (Å²) < 4.78 is 0. The highest BCUT2D eigenvalue weighted by Gasteiger charge is 2.38. The fourth-order valence-corrected chi connectivity index (χ4v) is 6.00. The van der Waals surface area contributed by atoms with E-state index in [1.54, 1.807) is 0 Å². The number of H-pyrrole nitrogens is 1. The fourth-order valence-electron chi connectivity index (χ4n) is 6.00. The minimum atomic E-state index is -0.123. The zero-order valence-corrected chi connectivity index (χ0v) is 19.9. The number of benzene rings is 3. The van der Waals surface area contributed by atoms with Crippen molar-refractivity contribution in [3.8, 4) is 0 Å². The molecule has 1 aliphatic carbocycles. The summed E-state index contributed by atoms with van der Waals surface area (Å²) in [5, 5.41) is 3.86. The third kappa shape index (κ3) is 3.45. The topological polar surface area (TPSA) is 39.3 Å². The molecule has 0 bridgehead atoms. The lowest BCUT2D eigenvalue weighted by Crippen LogP contribution is -2.48. The number of aromatic amines is 1. The second-order valence-electron chi connectivity index (χ2n) is 9.61. The van der Waals surface area contributed by atoms with Crippen LogP contribution in [0.15, 0.2) is 72.9 Å². The van der Waals surface area contributed by atoms with Gasteiger partial charge in [0.25, 0.3) is 0 Å². The van der Waals surface area contributed by atoms with Gasteiger partial charge in [0.05, 0.1) is 5.92 Å². The Balaban J connectivity index is 1.42. The molecule has 34 heavy (non-hydrogen) atoms. The molecular formula is C30H31N3O. The molecular weight excluding hydrogens is 418 g/mol. The second-order valence-corrected chi connectivity index (χ2v) is 9.61. The standard InChI is InChI=1S/C30H31N3O/c1-3-32(4-2)30(34)24-15-26-25-10-7-11-27-29(25)23(17-31-27)16-28(26)33(19-24)18-20-12-13-21-8-5-6-9-22(21)14-20/h5-15,17,24,28,31H,3-4,16,18-19H2,1-2H3/t24-,28+/m0/s1. The molecule has 0 unspecified atom stereocenters. The zero-order valence-electron chi connectivity index (χ0n) is 19.9. The Morgan fingerprint density at radius 2 is 1.85 bits per heavy atom. The van der Waals surface area contributed by atoms with Crippen molar-refractivity contribution in [3.63, 3.8) is 0 Å². The molecule has 1 N–H and O–H groups in total. The van der Waals surface area contributed by atoms with E-state index in [9.17, 15) is 4.79 Å². The van der Waals surface area contributed by atoms with Gasteiger partial charge in [-0.1, -0.05) is 54.6 Å². The lowest BCUT2D eigenvalue weighted by Gasteiger charge is -2.42. The van der Waals surface area contributed by atoms with Gasteiger partial charge in [-0.05, 0) is 65.4 Å². The minimum absolute atomic E-state index is 0.123. The van der Waals surface area contributed by atoms with E-state index in [0.717, 1.165) is 32.6 Å². The van der Waals surface area contributed by atoms with Crippen molar-refractivity contribution in [1.29, 1.82) is 0 Å². The second kappa shape index (κ2) is 8.44. The highest BCUT2D eigenvalue weighted by atomic mass is 16.2. The molecule has 0 saturated heterocycles. The van der Waals surface area contributed by atoms with Gasteiger partial charge in [0.1, 0.15) is 0 Å². The number of nitrogens with zero attached hydrogens (tertiary/aromatic N) is 2. The first-order chi connectivity index (χ1) is 16.7. The highest BCUT2D eigenvalue weighted by molar-refractivity contribution is 5.99. The van der Waals surface area contributed by atoms with Crippen molar-refractivity contribution in [1.82, 2.24) is 14.8 Å². The van der Waals surface area contributed by atoms with Gasteiger partial charge in [-0.25, -0.2) is 0 Å². The van der Waals surface area contributed by atoms with E-state index < -0.39 is 0 Å². The maximum Gasteiger partial charge on any atom is 0.230 e. The molecule has 4 nitrogen and oxygen atoms in total. The summed E-state index contributed by atoms with van der Waals surface area (Å²) in [4.78, 5) is 21.5. The molecule has 1 aliphatic heterocycles. The number of hydrogen-bond donors (Lipinski definition) is 1. The van der Waals surface area contributed by atoms with E-state index >= 15 is 0 Å². The van der Waals surface area contributed by atoms with Gasteiger partial charge in [-0.3, -0.25) is 9.69 Å². The summed E-state index contributed by atoms with van der Waals surface area (Å²) in [6, 6.07) is 22.1. The van der Waals surface area contributed by atoms with Gasteiger partial charge in [0.2, 0.25) is 5.91 Å². The molecule has 4 aromatic rings. The largest absolute Gasteiger partial charge is 0.361 e. The first kappa shape index (κ1) is 21.2. The van der Waals surface area contributed by atoms with Crippen LogP contribution in [0.4, 0.5) is 0 Å². The molecule has 1 amide bonds. The predicted molar refractivity (Wildman–Crippen MR) is 140 cm³/mol. The van der Waals surface area contributed by atoms with Crippen molar-refractivity contribution in [2.24, 2.45) is 5.92 Å². The van der Waals surface area contributed by atoms with Gasteiger partial charge < -0.3 is 9.88 Å². The van der Waals surface area contributed by atoms with E-state index in [0.29, 0.717) is 0 Å². The molecule has 4 heteroatoms. The normalized spacial score (nSPS) is 19.8. The van der Waals surface area contributed by atoms with Gasteiger partial charge in [0.15, 0.2) is 0 Å². The van der Waals surface area contributed by atoms with Gasteiger partial charge in [-0.2, -0.15) is 0 Å². The van der Waals surface area contributed by atoms with Crippen molar-refractivity contribution in [2.75, 3.05) is 19.6 Å². The van der Waals surface area contributed by atoms with E-state index in [1.807, 2.05) is 4.90 Å². The number of aromatic nitrogens is 1. The van der Waals surface area contributed by atoms with E-state index in [4.69, 9.17) is 0 Å². The van der Waals surface area contributed by atoms with Crippen molar-refractivity contribution < 1.29 is 4.79 Å². The Kier molecular flexibility index (Phi) is 5.26. The van der Waals surface area contributed by atoms with E-state index in [1.165, 1.54) is 43.9 Å². The van der Waals surface area contributed by atoms with Crippen LogP contribution in [-0.4, -0.2) is 46.4 Å². The molecule has 6 rings (SSSR count). The molecule has 2 heterocycles. The van der Waals surface area contributed by atoms with Gasteiger partial charge in [0, 0.05) is 49.3 Å². The average Bonchev–Trinajstić information content (AvgIpc) is 3.29. The Morgan fingerprint density at radius 3 is 2.68 bits per heavy atom. The molecule has 2 aliphatic rings. The highest BCUT2D eigenvalue weighted by Crippen LogP contribution is 2.42. The molecule has 2 atom stereocenters. The summed E-state index contributed by atoms with van der Waals surface area (Å²) in [5.41, 5.74) is 6.46. The molecule has 172 valence electrons. The van der Waals surface area contributed by atoms with Crippen molar-refractivity contribution in [2.45, 2.75) is 32.9 Å². The Bertz CT molecular complexity index is 1410. The number of carbonyl (C=O) groups is 1. The summed E-state index contributed by atoms with van der Waals surface area (Å²) in [6.45, 7) is 7.23. The Hall–Kier alpha value is -3.37. The first-order valence-corrected chi connectivity index (χ1v) is 12.5. The van der Waals surface area contributed by atoms with Crippen LogP contribution in [0, 0.1) is 5.92 Å². The van der Waals surface area contributed by atoms with Crippen LogP contribution in [0.3, 0.4) is 0 Å². The van der Waals surface area contributed by atoms with Gasteiger partial charge in [-0.15, -0.1) is 0 Å². The number of hydrogen-bond acceptors (Lipinski definition) is 2. The quantitative estimate of drug-likeness (QED) is 0.429. The lowest BCUT2D eigenvalue weighted by atomic mass is 9.79. The molecule has 1 aromatic heterocycles. The van der Waals surface area contributed by atoms with Crippen LogP contribution in [0.5, 0.6) is 0 Å². The Labute approximate surface area is 200 Å². The maximum atomic E-state index is 13.5. The maximum absolute atomic E-state index is 13.5. The van der Waals surface area contributed by atoms with Crippen molar-refractivity contribution >= 4 is 33.2 Å². The van der Waals surface area contributed by atoms with Crippen LogP contribution in [0.1, 0.15) is 30.5 Å². The average molecular weight is 450 g/mol. The number of carbonyl (C=O) groups excluding carboxylic acids is 1. The number of nitrogens with one attached hydrogen (secondary N) is 1. The molecule has 0 fully saturated rings. The smallest absolute Gasteiger partial charge is 0.230 e. The number of rotatable bonds is 5. The third-order valence-corrected chi connectivity index (χ3v) is 7.72. The number of fused-ring (bicyclic) bond motifs is 3. The van der Waals surface area contributed by atoms with Crippen LogP contribution in [0.2, 0.25) is 0 Å². The van der Waals surface area contributed by atoms with Crippen LogP contribution >= 0.6 is 0 Å². The molecule has 0 spiro atoms. The van der Waals surface area contributed by atoms with E-state index in [2.05, 4.69) is 96.7 Å². The number of amides is 1. The van der Waals surface area contributed by atoms with Crippen LogP contribution < -0.4 is 0 Å². The van der Waals surface area contributed by atoms with E-state index in [-0.39, 0.29) is 17.9 Å². The Morgan fingerprint density at radius 1 is 1.03 bits per heavy atom. The zero-order chi connectivity index (χ0) is 23.2. The molecule has 0 saturated carbocycles. The monoisotopic (exact) mass is 449 g/mol. The first-order valence-electron chi connectivity index (χ1n) is 12.5. The third-order valence-electron chi connectivity index (χ3n) is 7.72. The predicted octanol–water partition coefficient (Wildman–Crippen LogP) is 5.63. The molecule has 3 aromatic carbocycles. The SMILES string of the molecule is CCN(CC)C(=O)[C@H]1C=C2c3cccc4[nH]cc(c34)C[C@H]2N(Cc2ccc3ccccc3c2)C1. The summed E-state index contributed by atoms with van der Waals surface area (Å²) >= 11 is 0. The lowest BCUT2D eigenvalue weighted by molar-refractivity contribution is -0.134. The minimum Gasteiger partial charge on any atom is -0.361 e.